The average molecular weight is 370 g/mol. The number of carbonyl (C=O) groups excluding carboxylic acids is 1. The van der Waals surface area contributed by atoms with Crippen LogP contribution in [-0.4, -0.2) is 11.4 Å². The number of amides is 1. The Balaban J connectivity index is 0.00000182. The van der Waals surface area contributed by atoms with Crippen LogP contribution >= 0.6 is 11.3 Å². The van der Waals surface area contributed by atoms with Crippen molar-refractivity contribution in [3.8, 4) is 0 Å². The van der Waals surface area contributed by atoms with Gasteiger partial charge in [-0.3, -0.25) is 4.79 Å². The first-order chi connectivity index (χ1) is 11.4. The molecule has 1 aromatic carbocycles. The van der Waals surface area contributed by atoms with Crippen LogP contribution in [0.1, 0.15) is 12.5 Å². The molecular weight excluding hydrogens is 357 g/mol. The minimum absolute atomic E-state index is 0. The highest BCUT2D eigenvalue weighted by molar-refractivity contribution is 7.14. The maximum Gasteiger partial charge on any atom is 0.417 e. The predicted octanol–water partition coefficient (Wildman–Crippen LogP) is 2.87. The Labute approximate surface area is 144 Å². The molecule has 3 heterocycles. The molecule has 0 bridgehead atoms. The fourth-order valence-electron chi connectivity index (χ4n) is 2.68. The van der Waals surface area contributed by atoms with Crippen LogP contribution in [0.3, 0.4) is 0 Å². The molecule has 0 aliphatic carbocycles. The Kier molecular flexibility index (Phi) is 3.98. The number of hydrogen-bond acceptors (Lipinski definition) is 5. The lowest BCUT2D eigenvalue weighted by Crippen LogP contribution is -2.41. The maximum atomic E-state index is 12.8. The van der Waals surface area contributed by atoms with Gasteiger partial charge in [0.2, 0.25) is 0 Å². The third kappa shape index (κ3) is 2.64. The number of hydrazine groups is 2. The molecule has 1 amide bonds. The van der Waals surface area contributed by atoms with Gasteiger partial charge in [-0.1, -0.05) is 12.1 Å². The topological polar surface area (TPSA) is 79.1 Å². The van der Waals surface area contributed by atoms with Gasteiger partial charge in [0.15, 0.2) is 0 Å². The Morgan fingerprint density at radius 1 is 1.16 bits per heavy atom. The molecule has 4 N–H and O–H groups in total. The van der Waals surface area contributed by atoms with E-state index in [0.29, 0.717) is 11.4 Å². The molecule has 1 fully saturated rings. The molecule has 4 rings (SSSR count). The van der Waals surface area contributed by atoms with Crippen molar-refractivity contribution in [2.75, 3.05) is 15.3 Å². The van der Waals surface area contributed by atoms with Gasteiger partial charge in [-0.15, -0.1) is 16.9 Å². The van der Waals surface area contributed by atoms with Crippen molar-refractivity contribution < 1.29 is 23.4 Å². The Hall–Kier alpha value is -2.56. The summed E-state index contributed by atoms with van der Waals surface area (Å²) in [5.41, 5.74) is 4.62. The van der Waals surface area contributed by atoms with E-state index in [4.69, 9.17) is 0 Å². The standard InChI is InChI=1S/C15H11F3N4OS.H2O/c1-8-13-14(23)22(12-6-9(7-24-12)15(16,17)18)20-21(13)11-5-3-2-4-10(11)19-8;/h2-7,19-20H,1H3;1H2. The first kappa shape index (κ1) is 17.3. The van der Waals surface area contributed by atoms with E-state index >= 15 is 0 Å². The van der Waals surface area contributed by atoms with Crippen LogP contribution in [0.15, 0.2) is 47.1 Å². The summed E-state index contributed by atoms with van der Waals surface area (Å²) < 4.78 is 38.4. The number of fused-ring (bicyclic) bond motifs is 3. The monoisotopic (exact) mass is 370 g/mol. The van der Waals surface area contributed by atoms with Gasteiger partial charge in [0.25, 0.3) is 5.91 Å². The Morgan fingerprint density at radius 2 is 1.88 bits per heavy atom. The number of alkyl halides is 3. The summed E-state index contributed by atoms with van der Waals surface area (Å²) in [7, 11) is 0. The molecule has 10 heteroatoms. The highest BCUT2D eigenvalue weighted by Gasteiger charge is 2.41. The van der Waals surface area contributed by atoms with Crippen molar-refractivity contribution in [2.24, 2.45) is 0 Å². The number of carbonyl (C=O) groups is 1. The lowest BCUT2D eigenvalue weighted by Gasteiger charge is -2.27. The molecular formula is C15H13F3N4O2S. The maximum absolute atomic E-state index is 12.8. The fourth-order valence-corrected chi connectivity index (χ4v) is 3.55. The van der Waals surface area contributed by atoms with Crippen molar-refractivity contribution >= 4 is 33.6 Å². The zero-order chi connectivity index (χ0) is 17.1. The van der Waals surface area contributed by atoms with Crippen LogP contribution in [-0.2, 0) is 11.0 Å². The van der Waals surface area contributed by atoms with E-state index < -0.39 is 17.6 Å². The molecule has 0 saturated carbocycles. The second-order valence-electron chi connectivity index (χ2n) is 5.36. The largest absolute Gasteiger partial charge is 0.417 e. The average Bonchev–Trinajstić information content (AvgIpc) is 3.12. The normalized spacial score (nSPS) is 16.4. The quantitative estimate of drug-likeness (QED) is 0.809. The molecule has 2 aliphatic heterocycles. The summed E-state index contributed by atoms with van der Waals surface area (Å²) >= 11 is 0.858. The SMILES string of the molecule is CC1=C2C(=O)N(c3cc(C(F)(F)F)cs3)NN2c2ccccc2N1.O. The van der Waals surface area contributed by atoms with Gasteiger partial charge in [-0.2, -0.15) is 13.2 Å². The molecule has 0 radical (unpaired) electrons. The molecule has 2 aromatic rings. The zero-order valence-corrected chi connectivity index (χ0v) is 13.6. The van der Waals surface area contributed by atoms with Crippen LogP contribution in [0.25, 0.3) is 0 Å². The Bertz CT molecular complexity index is 878. The predicted molar refractivity (Wildman–Crippen MR) is 88.8 cm³/mol. The molecule has 0 atom stereocenters. The van der Waals surface area contributed by atoms with E-state index in [2.05, 4.69) is 10.9 Å². The van der Waals surface area contributed by atoms with Gasteiger partial charge in [0.05, 0.1) is 16.9 Å². The van der Waals surface area contributed by atoms with Gasteiger partial charge < -0.3 is 10.8 Å². The highest BCUT2D eigenvalue weighted by Crippen LogP contribution is 2.41. The number of hydrogen-bond donors (Lipinski definition) is 2. The second-order valence-corrected chi connectivity index (χ2v) is 6.25. The number of rotatable bonds is 1. The number of nitrogens with one attached hydrogen (secondary N) is 2. The first-order valence-electron chi connectivity index (χ1n) is 7.00. The van der Waals surface area contributed by atoms with E-state index in [1.165, 1.54) is 0 Å². The molecule has 25 heavy (non-hydrogen) atoms. The van der Waals surface area contributed by atoms with Gasteiger partial charge >= 0.3 is 6.18 Å². The van der Waals surface area contributed by atoms with Gasteiger partial charge in [-0.25, -0.2) is 10.0 Å². The molecule has 1 saturated heterocycles. The van der Waals surface area contributed by atoms with Crippen molar-refractivity contribution in [2.45, 2.75) is 13.1 Å². The lowest BCUT2D eigenvalue weighted by molar-refractivity contribution is -0.137. The van der Waals surface area contributed by atoms with Crippen molar-refractivity contribution in [3.05, 3.63) is 52.7 Å². The summed E-state index contributed by atoms with van der Waals surface area (Å²) in [6, 6.07) is 8.31. The summed E-state index contributed by atoms with van der Waals surface area (Å²) in [6.07, 6.45) is -4.44. The molecule has 132 valence electrons. The van der Waals surface area contributed by atoms with E-state index in [0.717, 1.165) is 39.2 Å². The third-order valence-electron chi connectivity index (χ3n) is 3.78. The van der Waals surface area contributed by atoms with Gasteiger partial charge in [-0.05, 0) is 25.1 Å². The molecule has 0 unspecified atom stereocenters. The minimum atomic E-state index is -4.44. The van der Waals surface area contributed by atoms with Gasteiger partial charge in [0.1, 0.15) is 10.7 Å². The molecule has 0 spiro atoms. The number of allylic oxidation sites excluding steroid dienone is 1. The van der Waals surface area contributed by atoms with Crippen LogP contribution < -0.4 is 20.9 Å². The number of anilines is 3. The summed E-state index contributed by atoms with van der Waals surface area (Å²) in [5, 5.41) is 7.02. The van der Waals surface area contributed by atoms with Crippen molar-refractivity contribution in [1.29, 1.82) is 0 Å². The van der Waals surface area contributed by atoms with Crippen LogP contribution in [0.2, 0.25) is 0 Å². The molecule has 1 aromatic heterocycles. The lowest BCUT2D eigenvalue weighted by atomic mass is 10.1. The van der Waals surface area contributed by atoms with Crippen molar-refractivity contribution in [3.63, 3.8) is 0 Å². The van der Waals surface area contributed by atoms with E-state index in [-0.39, 0.29) is 10.5 Å². The highest BCUT2D eigenvalue weighted by atomic mass is 32.1. The summed E-state index contributed by atoms with van der Waals surface area (Å²) in [4.78, 5) is 12.7. The third-order valence-corrected chi connectivity index (χ3v) is 4.70. The number of nitrogens with zero attached hydrogens (tertiary/aromatic N) is 2. The number of para-hydroxylation sites is 2. The van der Waals surface area contributed by atoms with Crippen LogP contribution in [0, 0.1) is 0 Å². The van der Waals surface area contributed by atoms with Crippen molar-refractivity contribution in [1.82, 2.24) is 5.53 Å². The molecule has 6 nitrogen and oxygen atoms in total. The second kappa shape index (κ2) is 5.76. The van der Waals surface area contributed by atoms with E-state index in [1.54, 1.807) is 11.9 Å². The van der Waals surface area contributed by atoms with Gasteiger partial charge in [0, 0.05) is 11.1 Å². The first-order valence-corrected chi connectivity index (χ1v) is 7.88. The number of benzene rings is 1. The summed E-state index contributed by atoms with van der Waals surface area (Å²) in [6.45, 7) is 1.75. The smallest absolute Gasteiger partial charge is 0.412 e. The zero-order valence-electron chi connectivity index (χ0n) is 12.8. The summed E-state index contributed by atoms with van der Waals surface area (Å²) in [5.74, 6) is -0.412. The van der Waals surface area contributed by atoms with Crippen LogP contribution in [0.4, 0.5) is 29.5 Å². The Morgan fingerprint density at radius 3 is 2.56 bits per heavy atom. The molecule has 2 aliphatic rings. The fraction of sp³-hybridized carbons (Fsp3) is 0.133. The van der Waals surface area contributed by atoms with E-state index in [9.17, 15) is 18.0 Å². The minimum Gasteiger partial charge on any atom is -0.412 e. The number of halogens is 3. The van der Waals surface area contributed by atoms with Crippen LogP contribution in [0.5, 0.6) is 0 Å². The number of thiophene rings is 1. The van der Waals surface area contributed by atoms with E-state index in [1.807, 2.05) is 24.3 Å².